The molecule has 1 fully saturated rings. The molecule has 0 aromatic rings. The van der Waals surface area contributed by atoms with Gasteiger partial charge >= 0.3 is 18.2 Å². The van der Waals surface area contributed by atoms with Gasteiger partial charge in [0.15, 0.2) is 6.04 Å². The summed E-state index contributed by atoms with van der Waals surface area (Å²) in [6.45, 7) is 9.88. The number of carbonyl (C=O) groups is 3. The number of ether oxygens (including phenoxy) is 2. The van der Waals surface area contributed by atoms with Gasteiger partial charge < -0.3 is 14.6 Å². The summed E-state index contributed by atoms with van der Waals surface area (Å²) >= 11 is 6.08. The van der Waals surface area contributed by atoms with Gasteiger partial charge in [-0.15, -0.1) is 11.6 Å². The first-order chi connectivity index (χ1) is 10.7. The first-order valence-electron chi connectivity index (χ1n) is 7.61. The second-order valence-electron chi connectivity index (χ2n) is 7.57. The van der Waals surface area contributed by atoms with Crippen LogP contribution in [-0.4, -0.2) is 62.4 Å². The topological polar surface area (TPSA) is 96.4 Å². The maximum absolute atomic E-state index is 12.5. The number of rotatable bonds is 1. The molecule has 0 radical (unpaired) electrons. The molecular weight excluding hydrogens is 340 g/mol. The molecule has 138 valence electrons. The molecule has 1 aliphatic rings. The molecule has 1 N–H and O–H groups in total. The molecule has 8 nitrogen and oxygen atoms in total. The van der Waals surface area contributed by atoms with Gasteiger partial charge in [0.2, 0.25) is 0 Å². The van der Waals surface area contributed by atoms with Gasteiger partial charge in [-0.1, -0.05) is 0 Å². The monoisotopic (exact) mass is 364 g/mol. The Kier molecular flexibility index (Phi) is 5.97. The second-order valence-corrected chi connectivity index (χ2v) is 8.19. The number of carboxylic acids is 1. The van der Waals surface area contributed by atoms with Crippen molar-refractivity contribution in [3.63, 3.8) is 0 Å². The van der Waals surface area contributed by atoms with Crippen LogP contribution in [0.4, 0.5) is 9.59 Å². The summed E-state index contributed by atoms with van der Waals surface area (Å²) in [4.78, 5) is 36.4. The van der Waals surface area contributed by atoms with E-state index in [1.54, 1.807) is 41.5 Å². The molecule has 24 heavy (non-hydrogen) atoms. The fraction of sp³-hybridized carbons (Fsp3) is 0.800. The van der Waals surface area contributed by atoms with E-state index in [0.717, 1.165) is 10.0 Å². The summed E-state index contributed by atoms with van der Waals surface area (Å²) in [5.41, 5.74) is -1.66. The highest BCUT2D eigenvalue weighted by Gasteiger charge is 2.46. The van der Waals surface area contributed by atoms with Crippen molar-refractivity contribution in [1.29, 1.82) is 0 Å². The van der Waals surface area contributed by atoms with Crippen LogP contribution in [0.1, 0.15) is 48.0 Å². The number of alkyl halides is 1. The minimum atomic E-state index is -1.32. The predicted octanol–water partition coefficient (Wildman–Crippen LogP) is 2.84. The van der Waals surface area contributed by atoms with Crippen LogP contribution in [0.5, 0.6) is 0 Å². The Morgan fingerprint density at radius 1 is 1.00 bits per heavy atom. The number of halogens is 1. The fourth-order valence-corrected chi connectivity index (χ4v) is 2.38. The lowest BCUT2D eigenvalue weighted by atomic mass is 10.1. The Hall–Kier alpha value is -1.70. The molecule has 0 aromatic carbocycles. The molecule has 0 spiro atoms. The van der Waals surface area contributed by atoms with Gasteiger partial charge in [-0.25, -0.2) is 19.4 Å². The zero-order chi connectivity index (χ0) is 18.9. The Bertz CT molecular complexity index is 511. The summed E-state index contributed by atoms with van der Waals surface area (Å²) in [5.74, 6) is -1.28. The molecule has 2 atom stereocenters. The molecule has 1 heterocycles. The largest absolute Gasteiger partial charge is 0.480 e. The molecule has 1 aliphatic heterocycles. The molecule has 9 heteroatoms. The highest BCUT2D eigenvalue weighted by molar-refractivity contribution is 6.21. The van der Waals surface area contributed by atoms with Crippen LogP contribution >= 0.6 is 11.6 Å². The summed E-state index contributed by atoms with van der Waals surface area (Å²) in [6, 6.07) is -1.32. The quantitative estimate of drug-likeness (QED) is 0.718. The SMILES string of the molecule is CC(C)(C)OC(=O)N1C[C@@H](Cl)C[C@H](C(=O)O)N1C(=O)OC(C)(C)C. The minimum Gasteiger partial charge on any atom is -0.480 e. The normalized spacial score (nSPS) is 22.1. The third kappa shape index (κ3) is 5.74. The van der Waals surface area contributed by atoms with Crippen LogP contribution in [0.25, 0.3) is 0 Å². The van der Waals surface area contributed by atoms with E-state index >= 15 is 0 Å². The highest BCUT2D eigenvalue weighted by Crippen LogP contribution is 2.26. The number of carbonyl (C=O) groups excluding carboxylic acids is 2. The third-order valence-electron chi connectivity index (χ3n) is 2.88. The average molecular weight is 365 g/mol. The smallest absolute Gasteiger partial charge is 0.430 e. The predicted molar refractivity (Wildman–Crippen MR) is 86.7 cm³/mol. The van der Waals surface area contributed by atoms with Gasteiger partial charge in [-0.2, -0.15) is 5.01 Å². The molecule has 0 aliphatic carbocycles. The third-order valence-corrected chi connectivity index (χ3v) is 3.19. The van der Waals surface area contributed by atoms with Crippen molar-refractivity contribution in [2.45, 2.75) is 70.6 Å². The van der Waals surface area contributed by atoms with Gasteiger partial charge in [0, 0.05) is 0 Å². The Morgan fingerprint density at radius 3 is 1.88 bits per heavy atom. The second kappa shape index (κ2) is 7.04. The van der Waals surface area contributed by atoms with Crippen LogP contribution in [0, 0.1) is 0 Å². The van der Waals surface area contributed by atoms with E-state index < -0.39 is 40.8 Å². The zero-order valence-corrected chi connectivity index (χ0v) is 15.6. The summed E-state index contributed by atoms with van der Waals surface area (Å²) < 4.78 is 10.5. The van der Waals surface area contributed by atoms with Crippen molar-refractivity contribution >= 4 is 29.8 Å². The lowest BCUT2D eigenvalue weighted by molar-refractivity contribution is -0.155. The first kappa shape index (κ1) is 20.3. The average Bonchev–Trinajstić information content (AvgIpc) is 2.33. The first-order valence-corrected chi connectivity index (χ1v) is 8.04. The fourth-order valence-electron chi connectivity index (χ4n) is 2.08. The van der Waals surface area contributed by atoms with Crippen molar-refractivity contribution in [1.82, 2.24) is 10.0 Å². The van der Waals surface area contributed by atoms with E-state index in [-0.39, 0.29) is 13.0 Å². The number of nitrogens with zero attached hydrogens (tertiary/aromatic N) is 2. The number of hydrazine groups is 1. The number of hydrogen-bond donors (Lipinski definition) is 1. The molecule has 2 amide bonds. The van der Waals surface area contributed by atoms with Gasteiger partial charge in [0.05, 0.1) is 11.9 Å². The summed E-state index contributed by atoms with van der Waals surface area (Å²) in [7, 11) is 0. The van der Waals surface area contributed by atoms with E-state index in [4.69, 9.17) is 21.1 Å². The zero-order valence-electron chi connectivity index (χ0n) is 14.8. The Morgan fingerprint density at radius 2 is 1.46 bits per heavy atom. The van der Waals surface area contributed by atoms with Gasteiger partial charge in [-0.3, -0.25) is 0 Å². The number of aliphatic carboxylic acids is 1. The van der Waals surface area contributed by atoms with Crippen molar-refractivity contribution in [3.8, 4) is 0 Å². The molecule has 1 saturated heterocycles. The molecular formula is C15H25ClN2O6. The van der Waals surface area contributed by atoms with Gasteiger partial charge in [-0.05, 0) is 48.0 Å². The highest BCUT2D eigenvalue weighted by atomic mass is 35.5. The number of hydrogen-bond acceptors (Lipinski definition) is 5. The molecule has 0 aromatic heterocycles. The van der Waals surface area contributed by atoms with E-state index in [1.807, 2.05) is 0 Å². The van der Waals surface area contributed by atoms with E-state index in [9.17, 15) is 19.5 Å². The van der Waals surface area contributed by atoms with E-state index in [1.165, 1.54) is 0 Å². The van der Waals surface area contributed by atoms with Crippen molar-refractivity contribution < 1.29 is 29.0 Å². The summed E-state index contributed by atoms with van der Waals surface area (Å²) in [5, 5.41) is 10.5. The lowest BCUT2D eigenvalue weighted by Gasteiger charge is -2.43. The Labute approximate surface area is 146 Å². The van der Waals surface area contributed by atoms with E-state index in [2.05, 4.69) is 0 Å². The number of amides is 2. The van der Waals surface area contributed by atoms with Gasteiger partial charge in [0.1, 0.15) is 11.2 Å². The standard InChI is InChI=1S/C15H25ClN2O6/c1-14(2,3)23-12(21)17-8-9(16)7-10(11(19)20)18(17)13(22)24-15(4,5)6/h9-10H,7-8H2,1-6H3,(H,19,20)/t9-,10+/m0/s1. The number of carboxylic acid groups (broad SMARTS) is 1. The maximum atomic E-state index is 12.5. The van der Waals surface area contributed by atoms with Crippen LogP contribution in [0.3, 0.4) is 0 Å². The minimum absolute atomic E-state index is 0.00453. The van der Waals surface area contributed by atoms with Crippen LogP contribution in [0.15, 0.2) is 0 Å². The molecule has 1 rings (SSSR count). The van der Waals surface area contributed by atoms with E-state index in [0.29, 0.717) is 0 Å². The van der Waals surface area contributed by atoms with Crippen molar-refractivity contribution in [3.05, 3.63) is 0 Å². The van der Waals surface area contributed by atoms with Crippen LogP contribution in [0.2, 0.25) is 0 Å². The van der Waals surface area contributed by atoms with Crippen LogP contribution in [-0.2, 0) is 14.3 Å². The maximum Gasteiger partial charge on any atom is 0.430 e. The Balaban J connectivity index is 3.16. The van der Waals surface area contributed by atoms with Crippen LogP contribution < -0.4 is 0 Å². The lowest BCUT2D eigenvalue weighted by Crippen LogP contribution is -2.63. The van der Waals surface area contributed by atoms with Crippen molar-refractivity contribution in [2.24, 2.45) is 0 Å². The molecule has 0 saturated carbocycles. The van der Waals surface area contributed by atoms with Gasteiger partial charge in [0.25, 0.3) is 0 Å². The van der Waals surface area contributed by atoms with Crippen molar-refractivity contribution in [2.75, 3.05) is 6.54 Å². The molecule has 0 bridgehead atoms. The summed E-state index contributed by atoms with van der Waals surface area (Å²) in [6.07, 6.45) is -1.80. The molecule has 0 unspecified atom stereocenters.